The van der Waals surface area contributed by atoms with Gasteiger partial charge in [-0.2, -0.15) is 0 Å². The number of hydrogen-bond donors (Lipinski definition) is 1. The number of benzene rings is 2. The van der Waals surface area contributed by atoms with Crippen LogP contribution in [0.1, 0.15) is 43.7 Å². The molecule has 4 nitrogen and oxygen atoms in total. The smallest absolute Gasteiger partial charge is 0.172 e. The first-order valence-corrected chi connectivity index (χ1v) is 9.65. The van der Waals surface area contributed by atoms with Crippen LogP contribution in [0.2, 0.25) is 0 Å². The number of methoxy groups -OCH3 is 1. The van der Waals surface area contributed by atoms with Crippen molar-refractivity contribution in [1.29, 1.82) is 0 Å². The van der Waals surface area contributed by atoms with Gasteiger partial charge >= 0.3 is 0 Å². The molecule has 0 spiro atoms. The molecule has 0 amide bonds. The van der Waals surface area contributed by atoms with Crippen LogP contribution in [-0.2, 0) is 4.79 Å². The second-order valence-corrected chi connectivity index (χ2v) is 8.48. The molecule has 142 valence electrons. The Hall–Kier alpha value is -3.01. The molecule has 4 heteroatoms. The number of hydrogen-bond acceptors (Lipinski definition) is 3. The summed E-state index contributed by atoms with van der Waals surface area (Å²) < 4.78 is 11.9. The Morgan fingerprint density at radius 3 is 2.71 bits per heavy atom. The van der Waals surface area contributed by atoms with Crippen LogP contribution < -0.4 is 9.47 Å². The van der Waals surface area contributed by atoms with E-state index in [0.29, 0.717) is 12.2 Å². The lowest BCUT2D eigenvalue weighted by Gasteiger charge is -2.38. The molecule has 0 fully saturated rings. The fraction of sp³-hybridized carbons (Fsp3) is 0.292. The summed E-state index contributed by atoms with van der Waals surface area (Å²) in [5.41, 5.74) is 3.84. The Bertz CT molecular complexity index is 1140. The van der Waals surface area contributed by atoms with Gasteiger partial charge < -0.3 is 14.5 Å². The number of aromatic nitrogens is 1. The molecule has 2 aromatic carbocycles. The van der Waals surface area contributed by atoms with Gasteiger partial charge in [-0.1, -0.05) is 44.2 Å². The van der Waals surface area contributed by atoms with E-state index in [2.05, 4.69) is 31.0 Å². The van der Waals surface area contributed by atoms with E-state index in [4.69, 9.17) is 9.47 Å². The fourth-order valence-corrected chi connectivity index (χ4v) is 4.66. The molecule has 1 aliphatic heterocycles. The average molecular weight is 373 g/mol. The van der Waals surface area contributed by atoms with Crippen LogP contribution in [0.15, 0.2) is 60.0 Å². The van der Waals surface area contributed by atoms with Crippen LogP contribution in [0.3, 0.4) is 0 Å². The number of aromatic amines is 1. The molecule has 2 aliphatic rings. The van der Waals surface area contributed by atoms with Crippen LogP contribution in [0.4, 0.5) is 0 Å². The molecule has 1 N–H and O–H groups in total. The molecular weight excluding hydrogens is 350 g/mol. The SMILES string of the molecule is COc1cccc2c1OC1=C(C(=O)CC(C)(C)C1)C2c1c[nH]c2ccccc12. The zero-order chi connectivity index (χ0) is 19.5. The van der Waals surface area contributed by atoms with Gasteiger partial charge in [-0.15, -0.1) is 0 Å². The number of ether oxygens (including phenoxy) is 2. The lowest BCUT2D eigenvalue weighted by Crippen LogP contribution is -2.32. The van der Waals surface area contributed by atoms with Gasteiger partial charge in [-0.3, -0.25) is 4.79 Å². The normalized spacial score (nSPS) is 20.5. The van der Waals surface area contributed by atoms with Crippen molar-refractivity contribution >= 4 is 16.7 Å². The number of para-hydroxylation sites is 2. The van der Waals surface area contributed by atoms with Crippen molar-refractivity contribution in [2.24, 2.45) is 5.41 Å². The van der Waals surface area contributed by atoms with Crippen molar-refractivity contribution in [2.75, 3.05) is 7.11 Å². The topological polar surface area (TPSA) is 51.3 Å². The van der Waals surface area contributed by atoms with Crippen LogP contribution in [0.25, 0.3) is 10.9 Å². The minimum atomic E-state index is -0.159. The standard InChI is InChI=1S/C24H23NO3/c1-24(2)11-18(26)22-20(12-24)28-23-15(8-6-10-19(23)27-3)21(22)16-13-25-17-9-5-4-7-14(16)17/h4-10,13,21,25H,11-12H2,1-3H3. The number of carbonyl (C=O) groups is 1. The zero-order valence-corrected chi connectivity index (χ0v) is 16.3. The van der Waals surface area contributed by atoms with Gasteiger partial charge in [0.25, 0.3) is 0 Å². The highest BCUT2D eigenvalue weighted by Crippen LogP contribution is 2.53. The van der Waals surface area contributed by atoms with Crippen LogP contribution in [0.5, 0.6) is 11.5 Å². The van der Waals surface area contributed by atoms with Crippen LogP contribution in [0, 0.1) is 5.41 Å². The van der Waals surface area contributed by atoms with Crippen molar-refractivity contribution < 1.29 is 14.3 Å². The van der Waals surface area contributed by atoms with Gasteiger partial charge in [0, 0.05) is 47.0 Å². The Kier molecular flexibility index (Phi) is 3.66. The number of Topliss-reactive ketones (excluding diaryl/α,β-unsaturated/α-hetero) is 1. The average Bonchev–Trinajstić information content (AvgIpc) is 3.08. The van der Waals surface area contributed by atoms with Gasteiger partial charge in [-0.25, -0.2) is 0 Å². The molecule has 0 saturated carbocycles. The molecule has 0 radical (unpaired) electrons. The van der Waals surface area contributed by atoms with E-state index in [1.54, 1.807) is 7.11 Å². The fourth-order valence-electron chi connectivity index (χ4n) is 4.66. The van der Waals surface area contributed by atoms with E-state index >= 15 is 0 Å². The largest absolute Gasteiger partial charge is 0.493 e. The maximum Gasteiger partial charge on any atom is 0.172 e. The highest BCUT2D eigenvalue weighted by atomic mass is 16.5. The molecule has 1 aliphatic carbocycles. The van der Waals surface area contributed by atoms with Crippen LogP contribution in [-0.4, -0.2) is 17.9 Å². The number of nitrogens with one attached hydrogen (secondary N) is 1. The molecule has 28 heavy (non-hydrogen) atoms. The molecule has 1 unspecified atom stereocenters. The van der Waals surface area contributed by atoms with Crippen molar-refractivity contribution in [1.82, 2.24) is 4.98 Å². The summed E-state index contributed by atoms with van der Waals surface area (Å²) >= 11 is 0. The van der Waals surface area contributed by atoms with Crippen molar-refractivity contribution in [2.45, 2.75) is 32.6 Å². The number of H-pyrrole nitrogens is 1. The Balaban J connectivity index is 1.80. The Morgan fingerprint density at radius 2 is 1.89 bits per heavy atom. The van der Waals surface area contributed by atoms with E-state index < -0.39 is 0 Å². The second kappa shape index (κ2) is 5.99. The van der Waals surface area contributed by atoms with Gasteiger partial charge in [0.1, 0.15) is 5.76 Å². The van der Waals surface area contributed by atoms with E-state index in [0.717, 1.165) is 45.5 Å². The molecule has 5 rings (SSSR count). The lowest BCUT2D eigenvalue weighted by atomic mass is 9.70. The lowest BCUT2D eigenvalue weighted by molar-refractivity contribution is -0.118. The summed E-state index contributed by atoms with van der Waals surface area (Å²) in [7, 11) is 1.65. The van der Waals surface area contributed by atoms with E-state index in [1.807, 2.05) is 36.5 Å². The first-order valence-electron chi connectivity index (χ1n) is 9.65. The zero-order valence-electron chi connectivity index (χ0n) is 16.3. The van der Waals surface area contributed by atoms with Crippen LogP contribution >= 0.6 is 0 Å². The second-order valence-electron chi connectivity index (χ2n) is 8.48. The summed E-state index contributed by atoms with van der Waals surface area (Å²) in [5, 5.41) is 1.13. The number of rotatable bonds is 2. The Labute approximate surface area is 164 Å². The predicted molar refractivity (Wildman–Crippen MR) is 109 cm³/mol. The minimum absolute atomic E-state index is 0.111. The molecule has 2 heterocycles. The van der Waals surface area contributed by atoms with Crippen molar-refractivity contribution in [3.63, 3.8) is 0 Å². The third kappa shape index (κ3) is 2.48. The number of ketones is 1. The van der Waals surface area contributed by atoms with Crippen molar-refractivity contribution in [3.05, 3.63) is 71.1 Å². The molecular formula is C24H23NO3. The van der Waals surface area contributed by atoms with Gasteiger partial charge in [-0.05, 0) is 23.1 Å². The Morgan fingerprint density at radius 1 is 1.07 bits per heavy atom. The quantitative estimate of drug-likeness (QED) is 0.659. The monoisotopic (exact) mass is 373 g/mol. The molecule has 1 atom stereocenters. The van der Waals surface area contributed by atoms with E-state index in [-0.39, 0.29) is 17.1 Å². The van der Waals surface area contributed by atoms with E-state index in [9.17, 15) is 4.79 Å². The summed E-state index contributed by atoms with van der Waals surface area (Å²) in [4.78, 5) is 16.6. The van der Waals surface area contributed by atoms with Crippen molar-refractivity contribution in [3.8, 4) is 11.5 Å². The third-order valence-electron chi connectivity index (χ3n) is 5.87. The molecule has 0 bridgehead atoms. The summed E-state index contributed by atoms with van der Waals surface area (Å²) in [5.74, 6) is 2.23. The summed E-state index contributed by atoms with van der Waals surface area (Å²) in [6, 6.07) is 14.1. The number of allylic oxidation sites excluding steroid dienone is 2. The third-order valence-corrected chi connectivity index (χ3v) is 5.87. The van der Waals surface area contributed by atoms with Gasteiger partial charge in [0.05, 0.1) is 7.11 Å². The first kappa shape index (κ1) is 17.1. The van der Waals surface area contributed by atoms with E-state index in [1.165, 1.54) is 0 Å². The predicted octanol–water partition coefficient (Wildman–Crippen LogP) is 5.34. The number of fused-ring (bicyclic) bond motifs is 2. The first-order chi connectivity index (χ1) is 13.5. The van der Waals surface area contributed by atoms with Gasteiger partial charge in [0.2, 0.25) is 0 Å². The molecule has 3 aromatic rings. The van der Waals surface area contributed by atoms with Gasteiger partial charge in [0.15, 0.2) is 17.3 Å². The molecule has 1 aromatic heterocycles. The maximum atomic E-state index is 13.3. The highest BCUT2D eigenvalue weighted by Gasteiger charge is 2.43. The molecule has 0 saturated heterocycles. The maximum absolute atomic E-state index is 13.3. The number of carbonyl (C=O) groups excluding carboxylic acids is 1. The summed E-state index contributed by atoms with van der Waals surface area (Å²) in [6.07, 6.45) is 3.30. The highest BCUT2D eigenvalue weighted by molar-refractivity contribution is 6.01. The minimum Gasteiger partial charge on any atom is -0.493 e. The summed E-state index contributed by atoms with van der Waals surface area (Å²) in [6.45, 7) is 4.24.